The zero-order valence-electron chi connectivity index (χ0n) is 8.39. The highest BCUT2D eigenvalue weighted by atomic mass is 35.5. The molecule has 3 rings (SSSR count). The topological polar surface area (TPSA) is 63.7 Å². The highest BCUT2D eigenvalue weighted by molar-refractivity contribution is 6.34. The number of imidazole rings is 1. The van der Waals surface area contributed by atoms with Gasteiger partial charge in [-0.3, -0.25) is 0 Å². The van der Waals surface area contributed by atoms with Gasteiger partial charge in [0.05, 0.1) is 6.26 Å². The smallest absolute Gasteiger partial charge is 0.202 e. The molecule has 0 aromatic carbocycles. The van der Waals surface area contributed by atoms with E-state index in [9.17, 15) is 0 Å². The van der Waals surface area contributed by atoms with E-state index < -0.39 is 0 Å². The van der Waals surface area contributed by atoms with Gasteiger partial charge in [-0.2, -0.15) is 4.98 Å². The second-order valence-corrected chi connectivity index (χ2v) is 4.08. The molecule has 86 valence electrons. The maximum atomic E-state index is 6.02. The van der Waals surface area contributed by atoms with Crippen LogP contribution in [0.1, 0.15) is 11.9 Å². The van der Waals surface area contributed by atoms with Crippen LogP contribution in [-0.4, -0.2) is 19.9 Å². The number of allylic oxidation sites excluding steroid dienone is 2. The average Bonchev–Trinajstić information content (AvgIpc) is 2.71. The third kappa shape index (κ3) is 1.87. The third-order valence-electron chi connectivity index (χ3n) is 2.25. The number of halogens is 2. The van der Waals surface area contributed by atoms with Crippen LogP contribution >= 0.6 is 23.2 Å². The van der Waals surface area contributed by atoms with Crippen LogP contribution in [0.15, 0.2) is 24.5 Å². The van der Waals surface area contributed by atoms with Crippen molar-refractivity contribution in [1.82, 2.24) is 19.9 Å². The number of H-pyrrole nitrogens is 1. The van der Waals surface area contributed by atoms with Crippen LogP contribution in [0.5, 0.6) is 0 Å². The summed E-state index contributed by atoms with van der Waals surface area (Å²) in [5, 5.41) is 0.504. The summed E-state index contributed by atoms with van der Waals surface area (Å²) in [6, 6.07) is 0. The maximum absolute atomic E-state index is 6.02. The van der Waals surface area contributed by atoms with Crippen molar-refractivity contribution >= 4 is 34.4 Å². The molecule has 0 bridgehead atoms. The molecule has 0 amide bonds. The van der Waals surface area contributed by atoms with Crippen LogP contribution in [-0.2, 0) is 4.74 Å². The lowest BCUT2D eigenvalue weighted by molar-refractivity contribution is 0.178. The van der Waals surface area contributed by atoms with E-state index in [-0.39, 0.29) is 16.5 Å². The van der Waals surface area contributed by atoms with Gasteiger partial charge in [0.25, 0.3) is 0 Å². The molecule has 0 saturated heterocycles. The van der Waals surface area contributed by atoms with Gasteiger partial charge < -0.3 is 9.72 Å². The summed E-state index contributed by atoms with van der Waals surface area (Å²) in [5.41, 5.74) is 0.951. The van der Waals surface area contributed by atoms with Crippen LogP contribution in [0, 0.1) is 0 Å². The van der Waals surface area contributed by atoms with Crippen molar-refractivity contribution in [3.63, 3.8) is 0 Å². The Kier molecular flexibility index (Phi) is 2.49. The fraction of sp³-hybridized carbons (Fsp3) is 0.100. The number of hydrogen-bond donors (Lipinski definition) is 1. The lowest BCUT2D eigenvalue weighted by Crippen LogP contribution is -2.05. The molecular formula is C10H6Cl2N4O. The average molecular weight is 269 g/mol. The number of nitrogens with zero attached hydrogens (tertiary/aromatic N) is 3. The molecule has 17 heavy (non-hydrogen) atoms. The van der Waals surface area contributed by atoms with Gasteiger partial charge in [0.2, 0.25) is 5.28 Å². The van der Waals surface area contributed by atoms with Crippen LogP contribution < -0.4 is 0 Å². The first-order chi connectivity index (χ1) is 8.24. The molecule has 0 radical (unpaired) electrons. The molecule has 1 atom stereocenters. The third-order valence-corrected chi connectivity index (χ3v) is 2.70. The van der Waals surface area contributed by atoms with Gasteiger partial charge in [0.1, 0.15) is 5.52 Å². The highest BCUT2D eigenvalue weighted by Crippen LogP contribution is 2.25. The molecule has 0 saturated carbocycles. The summed E-state index contributed by atoms with van der Waals surface area (Å²) < 4.78 is 5.35. The number of ether oxygens (including phenoxy) is 1. The molecule has 0 fully saturated rings. The van der Waals surface area contributed by atoms with E-state index in [2.05, 4.69) is 19.9 Å². The Morgan fingerprint density at radius 1 is 1.18 bits per heavy atom. The lowest BCUT2D eigenvalue weighted by Gasteiger charge is -2.13. The van der Waals surface area contributed by atoms with Gasteiger partial charge in [0, 0.05) is 0 Å². The first-order valence-corrected chi connectivity index (χ1v) is 5.57. The lowest BCUT2D eigenvalue weighted by atomic mass is 10.2. The summed E-state index contributed by atoms with van der Waals surface area (Å²) in [6.07, 6.45) is 6.68. The number of rotatable bonds is 1. The minimum atomic E-state index is -0.350. The zero-order chi connectivity index (χ0) is 11.8. The first-order valence-electron chi connectivity index (χ1n) is 4.81. The quantitative estimate of drug-likeness (QED) is 0.638. The fourth-order valence-corrected chi connectivity index (χ4v) is 1.90. The molecule has 0 aliphatic carbocycles. The molecule has 1 aliphatic rings. The van der Waals surface area contributed by atoms with Crippen LogP contribution in [0.3, 0.4) is 0 Å². The number of nitrogens with one attached hydrogen (secondary N) is 1. The normalized spacial score (nSPS) is 18.6. The summed E-state index contributed by atoms with van der Waals surface area (Å²) in [5.74, 6) is 0.450. The largest absolute Gasteiger partial charge is 0.486 e. The molecule has 1 N–H and O–H groups in total. The standard InChI is InChI=1S/C10H6Cl2N4O/c11-7-6-9(16-10(12)13-6)15-8(14-7)5-3-1-2-4-17-5/h1-5H,(H,13,14,15,16). The molecule has 0 spiro atoms. The van der Waals surface area contributed by atoms with Crippen molar-refractivity contribution in [3.8, 4) is 0 Å². The van der Waals surface area contributed by atoms with E-state index in [0.29, 0.717) is 17.0 Å². The second kappa shape index (κ2) is 4.01. The van der Waals surface area contributed by atoms with Gasteiger partial charge in [-0.25, -0.2) is 9.97 Å². The van der Waals surface area contributed by atoms with E-state index in [1.54, 1.807) is 12.3 Å². The van der Waals surface area contributed by atoms with Crippen molar-refractivity contribution < 1.29 is 4.74 Å². The van der Waals surface area contributed by atoms with Gasteiger partial charge in [0.15, 0.2) is 22.7 Å². The molecule has 7 heteroatoms. The van der Waals surface area contributed by atoms with Crippen molar-refractivity contribution in [2.24, 2.45) is 0 Å². The molecule has 3 heterocycles. The maximum Gasteiger partial charge on any atom is 0.202 e. The van der Waals surface area contributed by atoms with Gasteiger partial charge in [-0.05, 0) is 23.8 Å². The minimum Gasteiger partial charge on any atom is -0.486 e. The molecule has 1 unspecified atom stereocenters. The predicted octanol–water partition coefficient (Wildman–Crippen LogP) is 2.80. The summed E-state index contributed by atoms with van der Waals surface area (Å²) in [6.45, 7) is 0. The number of fused-ring (bicyclic) bond motifs is 1. The van der Waals surface area contributed by atoms with E-state index in [1.807, 2.05) is 12.2 Å². The van der Waals surface area contributed by atoms with E-state index in [0.717, 1.165) is 0 Å². The van der Waals surface area contributed by atoms with E-state index in [4.69, 9.17) is 27.9 Å². The fourth-order valence-electron chi connectivity index (χ4n) is 1.51. The van der Waals surface area contributed by atoms with Crippen LogP contribution in [0.2, 0.25) is 10.4 Å². The Balaban J connectivity index is 2.11. The Bertz CT molecular complexity index is 635. The summed E-state index contributed by atoms with van der Waals surface area (Å²) >= 11 is 11.8. The van der Waals surface area contributed by atoms with Crippen molar-refractivity contribution in [3.05, 3.63) is 40.8 Å². The Morgan fingerprint density at radius 3 is 2.82 bits per heavy atom. The zero-order valence-corrected chi connectivity index (χ0v) is 9.90. The molecule has 5 nitrogen and oxygen atoms in total. The van der Waals surface area contributed by atoms with Gasteiger partial charge in [-0.15, -0.1) is 0 Å². The Morgan fingerprint density at radius 2 is 2.06 bits per heavy atom. The molecule has 1 aliphatic heterocycles. The summed E-state index contributed by atoms with van der Waals surface area (Å²) in [7, 11) is 0. The number of aromatic amines is 1. The van der Waals surface area contributed by atoms with Crippen molar-refractivity contribution in [2.75, 3.05) is 0 Å². The number of aromatic nitrogens is 4. The van der Waals surface area contributed by atoms with Crippen molar-refractivity contribution in [2.45, 2.75) is 6.10 Å². The SMILES string of the molecule is Clc1nc2nc(C3C=CC=CO3)nc(Cl)c2[nH]1. The summed E-state index contributed by atoms with van der Waals surface area (Å²) in [4.78, 5) is 15.2. The monoisotopic (exact) mass is 268 g/mol. The molecule has 2 aromatic rings. The highest BCUT2D eigenvalue weighted by Gasteiger charge is 2.17. The van der Waals surface area contributed by atoms with E-state index >= 15 is 0 Å². The van der Waals surface area contributed by atoms with Gasteiger partial charge in [-0.1, -0.05) is 17.7 Å². The predicted molar refractivity (Wildman–Crippen MR) is 63.8 cm³/mol. The number of hydrogen-bond acceptors (Lipinski definition) is 4. The molecule has 2 aromatic heterocycles. The van der Waals surface area contributed by atoms with Gasteiger partial charge >= 0.3 is 0 Å². The first kappa shape index (κ1) is 10.6. The molecular weight excluding hydrogens is 263 g/mol. The van der Waals surface area contributed by atoms with Crippen LogP contribution in [0.25, 0.3) is 11.2 Å². The minimum absolute atomic E-state index is 0.230. The van der Waals surface area contributed by atoms with Crippen LogP contribution in [0.4, 0.5) is 0 Å². The van der Waals surface area contributed by atoms with Crippen molar-refractivity contribution in [1.29, 1.82) is 0 Å². The van der Waals surface area contributed by atoms with E-state index in [1.165, 1.54) is 0 Å². The Labute approximate surface area is 106 Å². The Hall–Kier alpha value is -1.59. The second-order valence-electron chi connectivity index (χ2n) is 3.37.